The van der Waals surface area contributed by atoms with E-state index in [9.17, 15) is 19.2 Å². The van der Waals surface area contributed by atoms with Gasteiger partial charge in [-0.2, -0.15) is 0 Å². The molecule has 2 aliphatic rings. The van der Waals surface area contributed by atoms with Crippen molar-refractivity contribution in [3.8, 4) is 0 Å². The molecule has 0 amide bonds. The Morgan fingerprint density at radius 3 is 1.74 bits per heavy atom. The van der Waals surface area contributed by atoms with Gasteiger partial charge in [0.2, 0.25) is 24.3 Å². The third-order valence-electron chi connectivity index (χ3n) is 5.40. The number of nitrogens with zero attached hydrogens (tertiary/aromatic N) is 4. The lowest BCUT2D eigenvalue weighted by Gasteiger charge is -2.28. The van der Waals surface area contributed by atoms with Gasteiger partial charge in [0.15, 0.2) is 0 Å². The topological polar surface area (TPSA) is 118 Å². The summed E-state index contributed by atoms with van der Waals surface area (Å²) in [5.41, 5.74) is 0. The fraction of sp³-hybridized carbons (Fsp3) is 0.789. The van der Waals surface area contributed by atoms with E-state index in [4.69, 9.17) is 0 Å². The molecule has 8 heteroatoms. The second-order valence-electron chi connectivity index (χ2n) is 7.12. The third-order valence-corrected chi connectivity index (χ3v) is 5.40. The minimum absolute atomic E-state index is 0.0654. The van der Waals surface area contributed by atoms with Crippen LogP contribution in [0.5, 0.6) is 0 Å². The van der Waals surface area contributed by atoms with Crippen molar-refractivity contribution in [3.05, 3.63) is 0 Å². The van der Waals surface area contributed by atoms with Crippen molar-refractivity contribution in [2.45, 2.75) is 64.0 Å². The van der Waals surface area contributed by atoms with Gasteiger partial charge in [0, 0.05) is 0 Å². The minimum atomic E-state index is 0.0654. The molecule has 8 nitrogen and oxygen atoms in total. The zero-order valence-electron chi connectivity index (χ0n) is 15.7. The van der Waals surface area contributed by atoms with E-state index in [0.29, 0.717) is 30.8 Å². The Kier molecular flexibility index (Phi) is 11.4. The fourth-order valence-electron chi connectivity index (χ4n) is 3.88. The lowest BCUT2D eigenvalue weighted by molar-refractivity contribution is 0.251. The Bertz CT molecular complexity index is 614. The molecule has 2 fully saturated rings. The molecule has 27 heavy (non-hydrogen) atoms. The Morgan fingerprint density at radius 1 is 0.741 bits per heavy atom. The van der Waals surface area contributed by atoms with E-state index in [1.54, 1.807) is 24.3 Å². The average molecular weight is 374 g/mol. The van der Waals surface area contributed by atoms with Crippen LogP contribution in [0.2, 0.25) is 0 Å². The van der Waals surface area contributed by atoms with Crippen LogP contribution in [0.3, 0.4) is 0 Å². The fourth-order valence-corrected chi connectivity index (χ4v) is 3.88. The van der Waals surface area contributed by atoms with Crippen molar-refractivity contribution in [2.24, 2.45) is 37.7 Å². The smallest absolute Gasteiger partial charge is 0.211 e. The quantitative estimate of drug-likeness (QED) is 0.524. The zero-order chi connectivity index (χ0) is 19.9. The lowest BCUT2D eigenvalue weighted by atomic mass is 9.79. The standard InChI is InChI=1S/C10H14N2O2.C9H12N2O2/c13-7-11-5-9-3-1-2-4-10(9)6-12-8-14;1-7-4-8(10-5-12)2-3-9(7)11-6-13/h9-10H,1-6H2;7-9H,2-4H2,1H3. The van der Waals surface area contributed by atoms with E-state index >= 15 is 0 Å². The number of aliphatic imine (C=N–C) groups is 4. The summed E-state index contributed by atoms with van der Waals surface area (Å²) < 4.78 is 0. The molecule has 0 aromatic rings. The molecule has 0 aromatic carbocycles. The summed E-state index contributed by atoms with van der Waals surface area (Å²) in [6.07, 6.45) is 13.2. The summed E-state index contributed by atoms with van der Waals surface area (Å²) in [6, 6.07) is 0.140. The van der Waals surface area contributed by atoms with Crippen LogP contribution >= 0.6 is 0 Å². The number of hydrogen-bond donors (Lipinski definition) is 0. The molecule has 0 bridgehead atoms. The number of hydrogen-bond acceptors (Lipinski definition) is 8. The van der Waals surface area contributed by atoms with Crippen LogP contribution in [0.1, 0.15) is 51.9 Å². The monoisotopic (exact) mass is 374 g/mol. The van der Waals surface area contributed by atoms with Gasteiger partial charge in [0.05, 0.1) is 25.2 Å². The van der Waals surface area contributed by atoms with Crippen LogP contribution < -0.4 is 0 Å². The molecule has 0 radical (unpaired) electrons. The second-order valence-corrected chi connectivity index (χ2v) is 7.12. The Hall–Kier alpha value is -2.48. The molecule has 0 spiro atoms. The van der Waals surface area contributed by atoms with E-state index < -0.39 is 0 Å². The van der Waals surface area contributed by atoms with Crippen LogP contribution in [0.4, 0.5) is 0 Å². The number of carbonyl (C=O) groups excluding carboxylic acids is 4. The molecule has 146 valence electrons. The van der Waals surface area contributed by atoms with Crippen LogP contribution in [-0.4, -0.2) is 49.5 Å². The normalized spacial score (nSPS) is 29.3. The van der Waals surface area contributed by atoms with Gasteiger partial charge >= 0.3 is 0 Å². The summed E-state index contributed by atoms with van der Waals surface area (Å²) in [6.45, 7) is 3.07. The first kappa shape index (κ1) is 22.6. The summed E-state index contributed by atoms with van der Waals surface area (Å²) in [7, 11) is 0. The Morgan fingerprint density at radius 2 is 1.30 bits per heavy atom. The second kappa shape index (κ2) is 13.7. The molecule has 0 saturated heterocycles. The van der Waals surface area contributed by atoms with Crippen molar-refractivity contribution in [1.29, 1.82) is 0 Å². The first-order chi connectivity index (χ1) is 13.2. The number of rotatable bonds is 6. The Balaban J connectivity index is 0.000000271. The maximum atomic E-state index is 10.0. The van der Waals surface area contributed by atoms with E-state index in [1.165, 1.54) is 12.8 Å². The molecule has 0 aromatic heterocycles. The molecular formula is C19H26N4O4. The van der Waals surface area contributed by atoms with Crippen molar-refractivity contribution >= 4 is 24.3 Å². The highest BCUT2D eigenvalue weighted by Crippen LogP contribution is 2.30. The van der Waals surface area contributed by atoms with E-state index in [0.717, 1.165) is 32.1 Å². The van der Waals surface area contributed by atoms with Crippen molar-refractivity contribution in [3.63, 3.8) is 0 Å². The van der Waals surface area contributed by atoms with Crippen LogP contribution in [0, 0.1) is 17.8 Å². The molecule has 2 rings (SSSR count). The van der Waals surface area contributed by atoms with Crippen LogP contribution in [0.15, 0.2) is 20.0 Å². The highest BCUT2D eigenvalue weighted by molar-refractivity contribution is 5.35. The largest absolute Gasteiger partial charge is 0.235 e. The van der Waals surface area contributed by atoms with Crippen molar-refractivity contribution in [1.82, 2.24) is 0 Å². The molecule has 5 atom stereocenters. The lowest BCUT2D eigenvalue weighted by Crippen LogP contribution is -2.27. The Labute approximate surface area is 159 Å². The summed E-state index contributed by atoms with van der Waals surface area (Å²) in [5, 5.41) is 0. The molecule has 5 unspecified atom stereocenters. The highest BCUT2D eigenvalue weighted by atomic mass is 16.1. The van der Waals surface area contributed by atoms with Gasteiger partial charge in [-0.05, 0) is 49.9 Å². The molecule has 2 saturated carbocycles. The molecule has 2 aliphatic carbocycles. The van der Waals surface area contributed by atoms with E-state index in [2.05, 4.69) is 20.0 Å². The minimum Gasteiger partial charge on any atom is -0.211 e. The van der Waals surface area contributed by atoms with Gasteiger partial charge in [-0.3, -0.25) is 0 Å². The maximum Gasteiger partial charge on any atom is 0.235 e. The van der Waals surface area contributed by atoms with Gasteiger partial charge in [-0.1, -0.05) is 19.8 Å². The van der Waals surface area contributed by atoms with Crippen molar-refractivity contribution < 1.29 is 19.2 Å². The molecule has 0 heterocycles. The predicted octanol–water partition coefficient (Wildman–Crippen LogP) is 2.68. The van der Waals surface area contributed by atoms with Gasteiger partial charge in [-0.25, -0.2) is 39.1 Å². The predicted molar refractivity (Wildman–Crippen MR) is 98.3 cm³/mol. The van der Waals surface area contributed by atoms with E-state index in [1.807, 2.05) is 6.92 Å². The highest BCUT2D eigenvalue weighted by Gasteiger charge is 2.27. The summed E-state index contributed by atoms with van der Waals surface area (Å²) >= 11 is 0. The van der Waals surface area contributed by atoms with Gasteiger partial charge in [0.25, 0.3) is 0 Å². The van der Waals surface area contributed by atoms with Gasteiger partial charge < -0.3 is 0 Å². The SMILES string of the molecule is CC1CC(N=C=O)CCC1N=C=O.O=C=NCC1CCCCC1CN=C=O. The van der Waals surface area contributed by atoms with Crippen LogP contribution in [-0.2, 0) is 19.2 Å². The maximum absolute atomic E-state index is 10.0. The number of isocyanates is 4. The van der Waals surface area contributed by atoms with E-state index in [-0.39, 0.29) is 12.1 Å². The first-order valence-electron chi connectivity index (χ1n) is 9.37. The van der Waals surface area contributed by atoms with Crippen molar-refractivity contribution in [2.75, 3.05) is 13.1 Å². The summed E-state index contributed by atoms with van der Waals surface area (Å²) in [5.74, 6) is 1.09. The van der Waals surface area contributed by atoms with Gasteiger partial charge in [-0.15, -0.1) is 0 Å². The summed E-state index contributed by atoms with van der Waals surface area (Å²) in [4.78, 5) is 54.7. The zero-order valence-corrected chi connectivity index (χ0v) is 15.7. The first-order valence-corrected chi connectivity index (χ1v) is 9.37. The third kappa shape index (κ3) is 8.63. The average Bonchev–Trinajstić information content (AvgIpc) is 2.68. The molecule has 0 N–H and O–H groups in total. The van der Waals surface area contributed by atoms with Gasteiger partial charge in [0.1, 0.15) is 0 Å². The molecular weight excluding hydrogens is 348 g/mol. The van der Waals surface area contributed by atoms with Crippen LogP contribution in [0.25, 0.3) is 0 Å². The molecule has 0 aliphatic heterocycles.